The highest BCUT2D eigenvalue weighted by molar-refractivity contribution is 14.0. The molecule has 1 aromatic carbocycles. The summed E-state index contributed by atoms with van der Waals surface area (Å²) in [5.41, 5.74) is 1.09. The van der Waals surface area contributed by atoms with Gasteiger partial charge in [0, 0.05) is 18.6 Å². The lowest BCUT2D eigenvalue weighted by atomic mass is 10.2. The Hall–Kier alpha value is -1.15. The summed E-state index contributed by atoms with van der Waals surface area (Å²) in [6.07, 6.45) is 1.63. The minimum absolute atomic E-state index is 0. The molecule has 1 aromatic rings. The minimum Gasteiger partial charge on any atom is -0.494 e. The standard InChI is InChI=1S/C14H18ClN3O2.HI/c1-16-14(18-9-13-10-19-5-6-20-13)17-8-11-3-2-4-12(15)7-11;/h2-4,7,10H,5-6,8-9H2,1H3,(H2,16,17,18);1H. The van der Waals surface area contributed by atoms with E-state index in [1.165, 1.54) is 0 Å². The molecule has 0 fully saturated rings. The number of rotatable bonds is 4. The summed E-state index contributed by atoms with van der Waals surface area (Å²) in [4.78, 5) is 4.15. The molecule has 0 aliphatic carbocycles. The predicted molar refractivity (Wildman–Crippen MR) is 95.1 cm³/mol. The maximum Gasteiger partial charge on any atom is 0.191 e. The number of benzene rings is 1. The van der Waals surface area contributed by atoms with Gasteiger partial charge in [0.1, 0.15) is 25.2 Å². The third-order valence-electron chi connectivity index (χ3n) is 2.71. The van der Waals surface area contributed by atoms with E-state index in [2.05, 4.69) is 15.6 Å². The first-order chi connectivity index (χ1) is 9.78. The van der Waals surface area contributed by atoms with E-state index in [9.17, 15) is 0 Å². The van der Waals surface area contributed by atoms with Gasteiger partial charge in [-0.3, -0.25) is 4.99 Å². The quantitative estimate of drug-likeness (QED) is 0.444. The maximum atomic E-state index is 5.95. The Balaban J connectivity index is 0.00000220. The molecule has 2 N–H and O–H groups in total. The number of nitrogens with zero attached hydrogens (tertiary/aromatic N) is 1. The summed E-state index contributed by atoms with van der Waals surface area (Å²) in [6, 6.07) is 7.70. The number of halogens is 2. The molecule has 1 aliphatic rings. The zero-order valence-corrected chi connectivity index (χ0v) is 14.9. The Bertz CT molecular complexity index is 509. The Morgan fingerprint density at radius 2 is 2.10 bits per heavy atom. The van der Waals surface area contributed by atoms with E-state index in [1.54, 1.807) is 13.3 Å². The first-order valence-corrected chi connectivity index (χ1v) is 6.78. The average molecular weight is 424 g/mol. The van der Waals surface area contributed by atoms with Crippen LogP contribution in [-0.4, -0.2) is 32.8 Å². The molecule has 7 heteroatoms. The van der Waals surface area contributed by atoms with Crippen LogP contribution in [0, 0.1) is 0 Å². The van der Waals surface area contributed by atoms with Gasteiger partial charge in [-0.1, -0.05) is 23.7 Å². The van der Waals surface area contributed by atoms with Crippen LogP contribution in [0.15, 0.2) is 41.3 Å². The Labute approximate surface area is 146 Å². The van der Waals surface area contributed by atoms with E-state index in [-0.39, 0.29) is 24.0 Å². The third kappa shape index (κ3) is 6.43. The summed E-state index contributed by atoms with van der Waals surface area (Å²) in [6.45, 7) is 2.37. The van der Waals surface area contributed by atoms with E-state index < -0.39 is 0 Å². The lowest BCUT2D eigenvalue weighted by Crippen LogP contribution is -2.38. The molecule has 1 aliphatic heterocycles. The molecule has 0 saturated heterocycles. The van der Waals surface area contributed by atoms with Crippen molar-refractivity contribution in [2.24, 2.45) is 4.99 Å². The van der Waals surface area contributed by atoms with E-state index in [1.807, 2.05) is 24.3 Å². The number of hydrogen-bond acceptors (Lipinski definition) is 3. The molecule has 0 radical (unpaired) electrons. The van der Waals surface area contributed by atoms with Gasteiger partial charge in [0.15, 0.2) is 5.96 Å². The lowest BCUT2D eigenvalue weighted by Gasteiger charge is -2.17. The van der Waals surface area contributed by atoms with Crippen molar-refractivity contribution in [1.29, 1.82) is 0 Å². The maximum absolute atomic E-state index is 5.95. The Morgan fingerprint density at radius 3 is 2.76 bits per heavy atom. The van der Waals surface area contributed by atoms with Crippen molar-refractivity contribution < 1.29 is 9.47 Å². The van der Waals surface area contributed by atoms with Crippen molar-refractivity contribution in [2.75, 3.05) is 26.8 Å². The molecule has 2 rings (SSSR count). The number of hydrogen-bond donors (Lipinski definition) is 2. The summed E-state index contributed by atoms with van der Waals surface area (Å²) in [5, 5.41) is 7.09. The fraction of sp³-hybridized carbons (Fsp3) is 0.357. The van der Waals surface area contributed by atoms with Gasteiger partial charge in [0.25, 0.3) is 0 Å². The van der Waals surface area contributed by atoms with Crippen LogP contribution in [-0.2, 0) is 16.0 Å². The fourth-order valence-corrected chi connectivity index (χ4v) is 1.94. The molecule has 5 nitrogen and oxygen atoms in total. The minimum atomic E-state index is 0. The van der Waals surface area contributed by atoms with Crippen LogP contribution in [0.4, 0.5) is 0 Å². The highest BCUT2D eigenvalue weighted by Crippen LogP contribution is 2.10. The lowest BCUT2D eigenvalue weighted by molar-refractivity contribution is 0.0822. The van der Waals surface area contributed by atoms with Gasteiger partial charge in [-0.05, 0) is 17.7 Å². The van der Waals surface area contributed by atoms with Crippen LogP contribution in [0.5, 0.6) is 0 Å². The van der Waals surface area contributed by atoms with Crippen molar-refractivity contribution in [2.45, 2.75) is 6.54 Å². The van der Waals surface area contributed by atoms with Crippen molar-refractivity contribution in [3.63, 3.8) is 0 Å². The van der Waals surface area contributed by atoms with Crippen molar-refractivity contribution in [1.82, 2.24) is 10.6 Å². The first kappa shape index (κ1) is 17.9. The SMILES string of the molecule is CN=C(NCC1=COCCO1)NCc1cccc(Cl)c1.I. The van der Waals surface area contributed by atoms with Gasteiger partial charge in [-0.2, -0.15) is 0 Å². The van der Waals surface area contributed by atoms with E-state index in [0.29, 0.717) is 32.3 Å². The summed E-state index contributed by atoms with van der Waals surface area (Å²) in [5.74, 6) is 1.46. The smallest absolute Gasteiger partial charge is 0.191 e. The zero-order chi connectivity index (χ0) is 14.2. The van der Waals surface area contributed by atoms with Crippen molar-refractivity contribution in [3.05, 3.63) is 46.9 Å². The van der Waals surface area contributed by atoms with Crippen LogP contribution < -0.4 is 10.6 Å². The largest absolute Gasteiger partial charge is 0.494 e. The summed E-state index contributed by atoms with van der Waals surface area (Å²) in [7, 11) is 1.72. The van der Waals surface area contributed by atoms with Crippen molar-refractivity contribution >= 4 is 41.5 Å². The fourth-order valence-electron chi connectivity index (χ4n) is 1.72. The second kappa shape index (κ2) is 9.73. The highest BCUT2D eigenvalue weighted by atomic mass is 127. The number of ether oxygens (including phenoxy) is 2. The molecule has 0 aromatic heterocycles. The van der Waals surface area contributed by atoms with Crippen LogP contribution in [0.3, 0.4) is 0 Å². The second-order valence-corrected chi connectivity index (χ2v) is 4.65. The van der Waals surface area contributed by atoms with Gasteiger partial charge >= 0.3 is 0 Å². The van der Waals surface area contributed by atoms with Gasteiger partial charge in [-0.15, -0.1) is 24.0 Å². The molecule has 0 bridgehead atoms. The normalized spacial score (nSPS) is 14.2. The molecule has 0 unspecified atom stereocenters. The Morgan fingerprint density at radius 1 is 1.29 bits per heavy atom. The molecule has 0 atom stereocenters. The molecule has 0 spiro atoms. The highest BCUT2D eigenvalue weighted by Gasteiger charge is 2.06. The first-order valence-electron chi connectivity index (χ1n) is 6.40. The number of aliphatic imine (C=N–C) groups is 1. The van der Waals surface area contributed by atoms with Crippen LogP contribution >= 0.6 is 35.6 Å². The zero-order valence-electron chi connectivity index (χ0n) is 11.8. The molecule has 21 heavy (non-hydrogen) atoms. The van der Waals surface area contributed by atoms with E-state index >= 15 is 0 Å². The molecule has 116 valence electrons. The predicted octanol–water partition coefficient (Wildman–Crippen LogP) is 2.51. The number of nitrogens with one attached hydrogen (secondary N) is 2. The van der Waals surface area contributed by atoms with Gasteiger partial charge in [0.05, 0.1) is 6.54 Å². The molecular weight excluding hydrogens is 405 g/mol. The summed E-state index contributed by atoms with van der Waals surface area (Å²) >= 11 is 5.95. The third-order valence-corrected chi connectivity index (χ3v) is 2.94. The molecule has 1 heterocycles. The van der Waals surface area contributed by atoms with E-state index in [0.717, 1.165) is 16.3 Å². The summed E-state index contributed by atoms with van der Waals surface area (Å²) < 4.78 is 10.6. The monoisotopic (exact) mass is 423 g/mol. The number of guanidine groups is 1. The average Bonchev–Trinajstić information content (AvgIpc) is 2.48. The molecule has 0 saturated carbocycles. The topological polar surface area (TPSA) is 54.9 Å². The second-order valence-electron chi connectivity index (χ2n) is 4.21. The van der Waals surface area contributed by atoms with Crippen LogP contribution in [0.1, 0.15) is 5.56 Å². The Kier molecular flexibility index (Phi) is 8.29. The van der Waals surface area contributed by atoms with Crippen molar-refractivity contribution in [3.8, 4) is 0 Å². The van der Waals surface area contributed by atoms with E-state index in [4.69, 9.17) is 21.1 Å². The van der Waals surface area contributed by atoms with Gasteiger partial charge in [0.2, 0.25) is 0 Å². The molecule has 0 amide bonds. The van der Waals surface area contributed by atoms with Gasteiger partial charge < -0.3 is 20.1 Å². The van der Waals surface area contributed by atoms with Gasteiger partial charge in [-0.25, -0.2) is 0 Å². The van der Waals surface area contributed by atoms with Crippen LogP contribution in [0.2, 0.25) is 5.02 Å². The van der Waals surface area contributed by atoms with Crippen LogP contribution in [0.25, 0.3) is 0 Å². The molecular formula is C14H19ClIN3O2.